The summed E-state index contributed by atoms with van der Waals surface area (Å²) >= 11 is 0. The summed E-state index contributed by atoms with van der Waals surface area (Å²) in [7, 11) is -2.10. The summed E-state index contributed by atoms with van der Waals surface area (Å²) in [5, 5.41) is 10.3. The van der Waals surface area contributed by atoms with E-state index in [1.807, 2.05) is 0 Å². The summed E-state index contributed by atoms with van der Waals surface area (Å²) in [5.74, 6) is 0.604. The van der Waals surface area contributed by atoms with Gasteiger partial charge in [0.2, 0.25) is 8.32 Å². The molecule has 2 atom stereocenters. The van der Waals surface area contributed by atoms with Gasteiger partial charge in [-0.15, -0.1) is 6.58 Å². The summed E-state index contributed by atoms with van der Waals surface area (Å²) in [6, 6.07) is 2.92. The number of aliphatic hydroxyl groups is 1. The molecular weight excluding hydrogens is 344 g/mol. The summed E-state index contributed by atoms with van der Waals surface area (Å²) in [5.41, 5.74) is 1.27. The summed E-state index contributed by atoms with van der Waals surface area (Å²) in [6.45, 7) is 17.2. The lowest BCUT2D eigenvalue weighted by Crippen LogP contribution is -2.51. The number of hydrogen-bond donors (Lipinski definition) is 1. The first-order chi connectivity index (χ1) is 12.1. The van der Waals surface area contributed by atoms with Crippen molar-refractivity contribution in [2.75, 3.05) is 0 Å². The maximum atomic E-state index is 11.7. The predicted molar refractivity (Wildman–Crippen MR) is 110 cm³/mol. The van der Waals surface area contributed by atoms with Crippen molar-refractivity contribution < 1.29 is 13.9 Å². The molecule has 1 heterocycles. The minimum absolute atomic E-state index is 0.0725. The van der Waals surface area contributed by atoms with Crippen LogP contribution >= 0.6 is 0 Å². The summed E-state index contributed by atoms with van der Waals surface area (Å²) in [4.78, 5) is 11.7. The minimum Gasteiger partial charge on any atom is -0.469 e. The molecular formula is C21H36O4Si. The molecule has 0 spiro atoms. The van der Waals surface area contributed by atoms with Crippen molar-refractivity contribution in [2.24, 2.45) is 0 Å². The molecule has 0 saturated carbocycles. The van der Waals surface area contributed by atoms with E-state index in [1.165, 1.54) is 18.4 Å². The fraction of sp³-hybridized carbons (Fsp3) is 0.667. The number of aliphatic hydroxyl groups excluding tert-OH is 1. The Morgan fingerprint density at radius 3 is 2.23 bits per heavy atom. The van der Waals surface area contributed by atoms with Crippen molar-refractivity contribution in [3.63, 3.8) is 0 Å². The monoisotopic (exact) mass is 380 g/mol. The van der Waals surface area contributed by atoms with Crippen LogP contribution in [0.15, 0.2) is 40.3 Å². The molecule has 148 valence electrons. The third kappa shape index (κ3) is 5.93. The van der Waals surface area contributed by atoms with Gasteiger partial charge in [-0.3, -0.25) is 4.79 Å². The largest absolute Gasteiger partial charge is 0.469 e. The molecule has 26 heavy (non-hydrogen) atoms. The van der Waals surface area contributed by atoms with E-state index in [2.05, 4.69) is 48.1 Å². The molecule has 0 fully saturated rings. The van der Waals surface area contributed by atoms with E-state index in [9.17, 15) is 9.90 Å². The molecule has 0 aromatic carbocycles. The highest BCUT2D eigenvalue weighted by molar-refractivity contribution is 6.77. The topological polar surface area (TPSA) is 59.7 Å². The van der Waals surface area contributed by atoms with Gasteiger partial charge in [-0.1, -0.05) is 47.6 Å². The van der Waals surface area contributed by atoms with Gasteiger partial charge in [-0.05, 0) is 29.5 Å². The fourth-order valence-electron chi connectivity index (χ4n) is 4.22. The van der Waals surface area contributed by atoms with E-state index in [0.717, 1.165) is 0 Å². The zero-order valence-corrected chi connectivity index (χ0v) is 18.2. The molecule has 0 aliphatic heterocycles. The SMILES string of the molecule is C=CCC(O)CC(Cc1cc(=O)cco1)O[Si](C(C)C)(C(C)C)C(C)C. The molecule has 2 unspecified atom stereocenters. The molecule has 0 aliphatic carbocycles. The van der Waals surface area contributed by atoms with E-state index in [0.29, 0.717) is 41.6 Å². The Labute approximate surface area is 159 Å². The van der Waals surface area contributed by atoms with Gasteiger partial charge in [0.05, 0.1) is 18.5 Å². The van der Waals surface area contributed by atoms with Crippen LogP contribution in [0.4, 0.5) is 0 Å². The van der Waals surface area contributed by atoms with E-state index < -0.39 is 14.4 Å². The van der Waals surface area contributed by atoms with Crippen LogP contribution in [0, 0.1) is 0 Å². The van der Waals surface area contributed by atoms with Gasteiger partial charge in [-0.25, -0.2) is 0 Å². The molecule has 5 heteroatoms. The lowest BCUT2D eigenvalue weighted by atomic mass is 10.1. The Morgan fingerprint density at radius 2 is 1.77 bits per heavy atom. The smallest absolute Gasteiger partial charge is 0.200 e. The molecule has 0 bridgehead atoms. The second kappa shape index (κ2) is 10.2. The van der Waals surface area contributed by atoms with Gasteiger partial charge in [0.25, 0.3) is 0 Å². The Bertz CT molecular complexity index is 584. The second-order valence-electron chi connectivity index (χ2n) is 8.11. The highest BCUT2D eigenvalue weighted by atomic mass is 28.4. The first-order valence-corrected chi connectivity index (χ1v) is 11.8. The van der Waals surface area contributed by atoms with Crippen molar-refractivity contribution in [2.45, 2.75) is 89.6 Å². The van der Waals surface area contributed by atoms with Gasteiger partial charge in [0.15, 0.2) is 5.43 Å². The van der Waals surface area contributed by atoms with Crippen molar-refractivity contribution in [1.29, 1.82) is 0 Å². The van der Waals surface area contributed by atoms with Crippen molar-refractivity contribution in [3.05, 3.63) is 47.0 Å². The molecule has 1 N–H and O–H groups in total. The van der Waals surface area contributed by atoms with Gasteiger partial charge in [0.1, 0.15) is 5.76 Å². The van der Waals surface area contributed by atoms with Gasteiger partial charge in [-0.2, -0.15) is 0 Å². The average Bonchev–Trinajstić information content (AvgIpc) is 2.51. The maximum Gasteiger partial charge on any atom is 0.200 e. The number of hydrogen-bond acceptors (Lipinski definition) is 4. The lowest BCUT2D eigenvalue weighted by Gasteiger charge is -2.45. The van der Waals surface area contributed by atoms with Crippen LogP contribution in [-0.2, 0) is 10.8 Å². The Kier molecular flexibility index (Phi) is 9.00. The molecule has 0 saturated heterocycles. The van der Waals surface area contributed by atoms with Crippen LogP contribution < -0.4 is 5.43 Å². The third-order valence-electron chi connectivity index (χ3n) is 5.24. The van der Waals surface area contributed by atoms with E-state index in [4.69, 9.17) is 8.84 Å². The van der Waals surface area contributed by atoms with Gasteiger partial charge in [0, 0.05) is 18.6 Å². The summed E-state index contributed by atoms with van der Waals surface area (Å²) in [6.07, 6.45) is 3.98. The molecule has 1 aromatic rings. The normalized spacial score (nSPS) is 14.8. The summed E-state index contributed by atoms with van der Waals surface area (Å²) < 4.78 is 12.4. The van der Waals surface area contributed by atoms with Crippen LogP contribution in [0.3, 0.4) is 0 Å². The molecule has 1 rings (SSSR count). The van der Waals surface area contributed by atoms with E-state index in [1.54, 1.807) is 6.08 Å². The lowest BCUT2D eigenvalue weighted by molar-refractivity contribution is 0.0821. The Morgan fingerprint density at radius 1 is 1.19 bits per heavy atom. The van der Waals surface area contributed by atoms with E-state index >= 15 is 0 Å². The zero-order valence-electron chi connectivity index (χ0n) is 17.2. The highest BCUT2D eigenvalue weighted by Gasteiger charge is 2.46. The van der Waals surface area contributed by atoms with Crippen molar-refractivity contribution in [1.82, 2.24) is 0 Å². The maximum absolute atomic E-state index is 11.7. The van der Waals surface area contributed by atoms with Gasteiger partial charge < -0.3 is 13.9 Å². The molecule has 0 radical (unpaired) electrons. The van der Waals surface area contributed by atoms with Crippen LogP contribution in [-0.4, -0.2) is 25.6 Å². The first kappa shape index (κ1) is 22.9. The Hall–Kier alpha value is -1.17. The van der Waals surface area contributed by atoms with E-state index in [-0.39, 0.29) is 11.5 Å². The quantitative estimate of drug-likeness (QED) is 0.430. The molecule has 0 amide bonds. The van der Waals surface area contributed by atoms with Crippen molar-refractivity contribution >= 4 is 8.32 Å². The van der Waals surface area contributed by atoms with Crippen LogP contribution in [0.25, 0.3) is 0 Å². The fourth-order valence-corrected chi connectivity index (χ4v) is 9.80. The van der Waals surface area contributed by atoms with Crippen LogP contribution in [0.1, 0.15) is 60.1 Å². The van der Waals surface area contributed by atoms with Crippen LogP contribution in [0.5, 0.6) is 0 Å². The van der Waals surface area contributed by atoms with Crippen LogP contribution in [0.2, 0.25) is 16.6 Å². The number of rotatable bonds is 11. The molecule has 4 nitrogen and oxygen atoms in total. The second-order valence-corrected chi connectivity index (χ2v) is 13.5. The third-order valence-corrected chi connectivity index (χ3v) is 11.4. The Balaban J connectivity index is 3.16. The highest BCUT2D eigenvalue weighted by Crippen LogP contribution is 2.43. The zero-order chi connectivity index (χ0) is 19.9. The van der Waals surface area contributed by atoms with Crippen molar-refractivity contribution in [3.8, 4) is 0 Å². The average molecular weight is 381 g/mol. The standard InChI is InChI=1S/C21H36O4Si/c1-8-9-18(22)13-21(14-20-12-19(23)10-11-24-20)25-26(15(2)3,16(4)5)17(6)7/h8,10-12,15-18,21-22H,1,9,13-14H2,2-7H3. The predicted octanol–water partition coefficient (Wildman–Crippen LogP) is 5.07. The first-order valence-electron chi connectivity index (χ1n) is 9.67. The molecule has 0 aliphatic rings. The minimum atomic E-state index is -2.10. The molecule has 1 aromatic heterocycles. The van der Waals surface area contributed by atoms with Gasteiger partial charge >= 0.3 is 0 Å².